The minimum absolute atomic E-state index is 0.0921. The molecular formula is C15H28N2O4. The van der Waals surface area contributed by atoms with Crippen LogP contribution in [0.15, 0.2) is 0 Å². The lowest BCUT2D eigenvalue weighted by molar-refractivity contribution is -0.347. The molecule has 3 aliphatic rings. The number of fused-ring (bicyclic) bond motifs is 3. The largest absolute Gasteiger partial charge is 0.377 e. The fourth-order valence-electron chi connectivity index (χ4n) is 4.31. The number of rotatable bonds is 2. The zero-order valence-electron chi connectivity index (χ0n) is 13.3. The van der Waals surface area contributed by atoms with Crippen LogP contribution in [0, 0.1) is 11.8 Å². The van der Waals surface area contributed by atoms with E-state index in [0.717, 1.165) is 19.4 Å². The zero-order chi connectivity index (χ0) is 15.5. The Morgan fingerprint density at radius 3 is 2.33 bits per heavy atom. The van der Waals surface area contributed by atoms with Gasteiger partial charge in [-0.3, -0.25) is 4.90 Å². The van der Waals surface area contributed by atoms with Crippen molar-refractivity contribution in [3.05, 3.63) is 0 Å². The van der Waals surface area contributed by atoms with Gasteiger partial charge in [0, 0.05) is 6.54 Å². The highest BCUT2D eigenvalue weighted by Crippen LogP contribution is 2.47. The van der Waals surface area contributed by atoms with E-state index in [2.05, 4.69) is 0 Å². The zero-order valence-corrected chi connectivity index (χ0v) is 13.3. The molecule has 3 saturated heterocycles. The van der Waals surface area contributed by atoms with E-state index < -0.39 is 24.5 Å². The molecule has 3 aliphatic heterocycles. The first-order valence-corrected chi connectivity index (χ1v) is 8.09. The van der Waals surface area contributed by atoms with Crippen LogP contribution >= 0.6 is 0 Å². The maximum atomic E-state index is 11.2. The van der Waals surface area contributed by atoms with Crippen LogP contribution in [0.4, 0.5) is 0 Å². The van der Waals surface area contributed by atoms with Crippen molar-refractivity contribution in [2.75, 3.05) is 6.54 Å². The lowest BCUT2D eigenvalue weighted by Gasteiger charge is -2.54. The molecule has 0 amide bonds. The SMILES string of the molecule is CC(C)[C@@H]1O[C@]2(O)[C@H]3CCCN3[C@@H](O)[C@H](C(C)C)N2[C@@H]1O. The van der Waals surface area contributed by atoms with Crippen molar-refractivity contribution in [3.8, 4) is 0 Å². The van der Waals surface area contributed by atoms with Gasteiger partial charge in [0.1, 0.15) is 18.6 Å². The molecule has 0 aromatic rings. The first kappa shape index (κ1) is 15.6. The number of hydrogen-bond donors (Lipinski definition) is 3. The number of nitrogens with zero attached hydrogens (tertiary/aromatic N) is 2. The van der Waals surface area contributed by atoms with Gasteiger partial charge in [0.2, 0.25) is 5.91 Å². The number of hydrogen-bond acceptors (Lipinski definition) is 6. The van der Waals surface area contributed by atoms with Crippen molar-refractivity contribution in [2.45, 2.75) is 77.1 Å². The molecule has 0 unspecified atom stereocenters. The number of ether oxygens (including phenoxy) is 1. The van der Waals surface area contributed by atoms with Gasteiger partial charge in [-0.15, -0.1) is 0 Å². The summed E-state index contributed by atoms with van der Waals surface area (Å²) in [6.45, 7) is 8.71. The molecule has 3 rings (SSSR count). The molecule has 122 valence electrons. The third-order valence-electron chi connectivity index (χ3n) is 5.29. The molecule has 0 bridgehead atoms. The van der Waals surface area contributed by atoms with Crippen LogP contribution < -0.4 is 0 Å². The predicted octanol–water partition coefficient (Wildman–Crippen LogP) is 0.129. The Hall–Kier alpha value is -0.240. The van der Waals surface area contributed by atoms with Gasteiger partial charge in [0.05, 0.1) is 12.1 Å². The number of piperazine rings is 1. The maximum Gasteiger partial charge on any atom is 0.246 e. The van der Waals surface area contributed by atoms with Crippen LogP contribution in [0.3, 0.4) is 0 Å². The third kappa shape index (κ3) is 2.08. The van der Waals surface area contributed by atoms with Gasteiger partial charge in [0.15, 0.2) is 0 Å². The summed E-state index contributed by atoms with van der Waals surface area (Å²) in [5.74, 6) is -1.31. The Kier molecular flexibility index (Phi) is 3.83. The minimum Gasteiger partial charge on any atom is -0.377 e. The smallest absolute Gasteiger partial charge is 0.246 e. The van der Waals surface area contributed by atoms with Crippen molar-refractivity contribution < 1.29 is 20.1 Å². The van der Waals surface area contributed by atoms with Gasteiger partial charge in [-0.2, -0.15) is 0 Å². The molecule has 21 heavy (non-hydrogen) atoms. The molecule has 0 radical (unpaired) electrons. The summed E-state index contributed by atoms with van der Waals surface area (Å²) in [6, 6.07) is -0.621. The van der Waals surface area contributed by atoms with Crippen molar-refractivity contribution >= 4 is 0 Å². The van der Waals surface area contributed by atoms with Gasteiger partial charge < -0.3 is 20.1 Å². The van der Waals surface area contributed by atoms with Crippen LogP contribution in [0.2, 0.25) is 0 Å². The summed E-state index contributed by atoms with van der Waals surface area (Å²) in [4.78, 5) is 3.57. The molecule has 6 nitrogen and oxygen atoms in total. The maximum absolute atomic E-state index is 11.2. The topological polar surface area (TPSA) is 76.4 Å². The highest BCUT2D eigenvalue weighted by atomic mass is 16.7. The molecule has 0 aliphatic carbocycles. The van der Waals surface area contributed by atoms with E-state index in [1.807, 2.05) is 32.6 Å². The highest BCUT2D eigenvalue weighted by molar-refractivity contribution is 5.07. The van der Waals surface area contributed by atoms with E-state index in [4.69, 9.17) is 4.74 Å². The first-order valence-electron chi connectivity index (χ1n) is 8.09. The number of aliphatic hydroxyl groups is 3. The first-order chi connectivity index (χ1) is 9.79. The molecule has 0 aromatic heterocycles. The number of aliphatic hydroxyl groups excluding tert-OH is 2. The van der Waals surface area contributed by atoms with E-state index in [1.54, 1.807) is 4.90 Å². The Balaban J connectivity index is 2.03. The highest BCUT2D eigenvalue weighted by Gasteiger charge is 2.66. The molecule has 0 saturated carbocycles. The molecular weight excluding hydrogens is 272 g/mol. The average molecular weight is 300 g/mol. The monoisotopic (exact) mass is 300 g/mol. The summed E-state index contributed by atoms with van der Waals surface area (Å²) < 4.78 is 5.95. The Labute approximate surface area is 126 Å². The van der Waals surface area contributed by atoms with Gasteiger partial charge in [-0.25, -0.2) is 4.90 Å². The summed E-state index contributed by atoms with van der Waals surface area (Å²) >= 11 is 0. The lowest BCUT2D eigenvalue weighted by Crippen LogP contribution is -2.74. The van der Waals surface area contributed by atoms with Crippen LogP contribution in [-0.2, 0) is 4.74 Å². The Morgan fingerprint density at radius 1 is 1.10 bits per heavy atom. The second-order valence-electron chi connectivity index (χ2n) is 7.35. The normalized spacial score (nSPS) is 48.1. The van der Waals surface area contributed by atoms with Crippen molar-refractivity contribution in [1.82, 2.24) is 9.80 Å². The fourth-order valence-corrected chi connectivity index (χ4v) is 4.31. The van der Waals surface area contributed by atoms with E-state index in [1.165, 1.54) is 0 Å². The predicted molar refractivity (Wildman–Crippen MR) is 76.9 cm³/mol. The van der Waals surface area contributed by atoms with Crippen molar-refractivity contribution in [3.63, 3.8) is 0 Å². The third-order valence-corrected chi connectivity index (χ3v) is 5.29. The molecule has 6 atom stereocenters. The minimum atomic E-state index is -1.50. The fraction of sp³-hybridized carbons (Fsp3) is 1.00. The summed E-state index contributed by atoms with van der Waals surface area (Å²) in [5, 5.41) is 32.6. The molecule has 3 fully saturated rings. The van der Waals surface area contributed by atoms with E-state index >= 15 is 0 Å². The van der Waals surface area contributed by atoms with Gasteiger partial charge in [-0.1, -0.05) is 27.7 Å². The second kappa shape index (κ2) is 5.15. The van der Waals surface area contributed by atoms with Crippen molar-refractivity contribution in [1.29, 1.82) is 0 Å². The molecule has 6 heteroatoms. The van der Waals surface area contributed by atoms with Gasteiger partial charge >= 0.3 is 0 Å². The molecule has 0 spiro atoms. The van der Waals surface area contributed by atoms with E-state index in [-0.39, 0.29) is 23.9 Å². The Bertz CT molecular complexity index is 405. The van der Waals surface area contributed by atoms with E-state index in [9.17, 15) is 15.3 Å². The Morgan fingerprint density at radius 2 is 1.76 bits per heavy atom. The van der Waals surface area contributed by atoms with Crippen LogP contribution in [0.25, 0.3) is 0 Å². The quantitative estimate of drug-likeness (QED) is 0.673. The second-order valence-corrected chi connectivity index (χ2v) is 7.35. The standard InChI is InChI=1S/C15H28N2O4/c1-8(2)11-13(18)16-7-5-6-10(16)15(20)17(11)14(19)12(21-15)9(3)4/h8-14,18-20H,5-7H2,1-4H3/t10-,11+,12+,13+,14-,15-/m1/s1. The average Bonchev–Trinajstić information content (AvgIpc) is 2.97. The van der Waals surface area contributed by atoms with Crippen molar-refractivity contribution in [2.24, 2.45) is 11.8 Å². The van der Waals surface area contributed by atoms with Gasteiger partial charge in [-0.05, 0) is 24.7 Å². The lowest BCUT2D eigenvalue weighted by atomic mass is 9.92. The molecule has 0 aromatic carbocycles. The summed E-state index contributed by atoms with van der Waals surface area (Å²) in [6.07, 6.45) is -0.313. The molecule has 3 heterocycles. The van der Waals surface area contributed by atoms with Crippen LogP contribution in [0.1, 0.15) is 40.5 Å². The van der Waals surface area contributed by atoms with E-state index in [0.29, 0.717) is 0 Å². The summed E-state index contributed by atoms with van der Waals surface area (Å²) in [5.41, 5.74) is 0. The molecule has 3 N–H and O–H groups in total. The van der Waals surface area contributed by atoms with Gasteiger partial charge in [0.25, 0.3) is 0 Å². The summed E-state index contributed by atoms with van der Waals surface area (Å²) in [7, 11) is 0. The van der Waals surface area contributed by atoms with Crippen LogP contribution in [0.5, 0.6) is 0 Å². The van der Waals surface area contributed by atoms with Crippen LogP contribution in [-0.4, -0.2) is 68.2 Å².